The first-order valence-corrected chi connectivity index (χ1v) is 31.3. The second-order valence-corrected chi connectivity index (χ2v) is 38.9. The van der Waals surface area contributed by atoms with Gasteiger partial charge in [0, 0.05) is 0 Å². The summed E-state index contributed by atoms with van der Waals surface area (Å²) in [5, 5.41) is 30.2. The molecule has 9 aromatic rings. The molecule has 0 saturated heterocycles. The van der Waals surface area contributed by atoms with Crippen LogP contribution in [0.5, 0.6) is 0 Å². The molecule has 0 saturated carbocycles. The maximum atomic E-state index is 2.60. The maximum absolute atomic E-state index is 2.60. The van der Waals surface area contributed by atoms with Crippen molar-refractivity contribution in [2.75, 3.05) is 0 Å². The van der Waals surface area contributed by atoms with Crippen molar-refractivity contribution < 1.29 is 0 Å². The van der Waals surface area contributed by atoms with Crippen LogP contribution in [-0.2, 0) is 0 Å². The van der Waals surface area contributed by atoms with Crippen LogP contribution in [0.2, 0.25) is 78.6 Å². The monoisotopic (exact) mass is 662 g/mol. The molecule has 0 atom stereocenters. The van der Waals surface area contributed by atoms with Crippen molar-refractivity contribution in [1.82, 2.24) is 0 Å². The quantitative estimate of drug-likeness (QED) is 0.165. The van der Waals surface area contributed by atoms with Gasteiger partial charge in [0.1, 0.15) is 0 Å². The molecule has 0 aliphatic heterocycles. The average Bonchev–Trinajstić information content (AvgIpc) is 2.92. The predicted molar refractivity (Wildman–Crippen MR) is 223 cm³/mol. The van der Waals surface area contributed by atoms with Gasteiger partial charge in [-0.05, 0) is 123 Å². The number of benzene rings is 5. The van der Waals surface area contributed by atoms with Gasteiger partial charge in [-0.15, -0.1) is 0 Å². The van der Waals surface area contributed by atoms with Gasteiger partial charge in [-0.3, -0.25) is 0 Å². The lowest BCUT2D eigenvalue weighted by molar-refractivity contribution is 1.69. The molecule has 0 fully saturated rings. The second kappa shape index (κ2) is 8.51. The highest BCUT2D eigenvalue weighted by atomic mass is 28.3. The first-order valence-electron chi connectivity index (χ1n) is 17.3. The fourth-order valence-corrected chi connectivity index (χ4v) is 19.1. The summed E-state index contributed by atoms with van der Waals surface area (Å²) in [6.07, 6.45) is 0. The van der Waals surface area contributed by atoms with Crippen LogP contribution in [0.1, 0.15) is 0 Å². The Morgan fingerprint density at radius 1 is 0.196 bits per heavy atom. The van der Waals surface area contributed by atoms with Crippen molar-refractivity contribution in [2.24, 2.45) is 0 Å². The highest BCUT2D eigenvalue weighted by Crippen LogP contribution is 2.49. The maximum Gasteiger partial charge on any atom is 0.0774 e. The van der Waals surface area contributed by atoms with Crippen molar-refractivity contribution in [3.63, 3.8) is 0 Å². The van der Waals surface area contributed by atoms with Gasteiger partial charge in [0.25, 0.3) is 0 Å². The molecule has 0 aliphatic carbocycles. The third kappa shape index (κ3) is 3.70. The van der Waals surface area contributed by atoms with E-state index in [4.69, 9.17) is 0 Å². The molecule has 0 unspecified atom stereocenters. The van der Waals surface area contributed by atoms with Crippen LogP contribution in [0.3, 0.4) is 0 Å². The zero-order chi connectivity index (χ0) is 32.6. The number of hydrogen-bond donors (Lipinski definition) is 0. The predicted octanol–water partition coefficient (Wildman–Crippen LogP) is 10.8. The third-order valence-corrected chi connectivity index (χ3v) is 20.0. The van der Waals surface area contributed by atoms with E-state index in [-0.39, 0.29) is 0 Å². The van der Waals surface area contributed by atoms with Gasteiger partial charge in [0.05, 0.1) is 32.3 Å². The molecule has 46 heavy (non-hydrogen) atoms. The standard InChI is InChI=1S/C42H46Si4/c1-43(2,3)39-19-35-31-15-27-23-13-25-26(14-24(23)28(27)16-32(31)36(35)20-40(39)44(4,5)6)30-18-34-33(17-29(25)30)37-21-41(45(7,8)9)42(22-38(34)37)46(10,11)12/h13-22H,1-12H3. The third-order valence-electron chi connectivity index (χ3n) is 11.3. The van der Waals surface area contributed by atoms with Crippen molar-refractivity contribution in [1.29, 1.82) is 0 Å². The molecular weight excluding hydrogens is 617 g/mol. The molecule has 0 aliphatic rings. The molecule has 9 aromatic carbocycles. The van der Waals surface area contributed by atoms with E-state index in [9.17, 15) is 0 Å². The summed E-state index contributed by atoms with van der Waals surface area (Å²) in [6, 6.07) is 25.5. The molecule has 0 aromatic heterocycles. The molecular formula is C42H46Si4. The second-order valence-electron chi connectivity index (χ2n) is 18.7. The van der Waals surface area contributed by atoms with E-state index in [0.717, 1.165) is 0 Å². The highest BCUT2D eigenvalue weighted by molar-refractivity contribution is 6.99. The molecule has 0 amide bonds. The first kappa shape index (κ1) is 29.1. The fraction of sp³-hybridized carbons (Fsp3) is 0.286. The zero-order valence-electron chi connectivity index (χ0n) is 29.8. The molecule has 9 rings (SSSR count). The van der Waals surface area contributed by atoms with Crippen LogP contribution in [-0.4, -0.2) is 32.3 Å². The molecule has 0 bridgehead atoms. The van der Waals surface area contributed by atoms with Crippen molar-refractivity contribution in [2.45, 2.75) is 78.6 Å². The van der Waals surface area contributed by atoms with Gasteiger partial charge < -0.3 is 0 Å². The summed E-state index contributed by atoms with van der Waals surface area (Å²) in [4.78, 5) is 0. The summed E-state index contributed by atoms with van der Waals surface area (Å²) in [7, 11) is -5.80. The van der Waals surface area contributed by atoms with E-state index in [1.54, 1.807) is 20.7 Å². The minimum atomic E-state index is -1.45. The Hall–Kier alpha value is -3.03. The summed E-state index contributed by atoms with van der Waals surface area (Å²) in [5.41, 5.74) is 0. The van der Waals surface area contributed by atoms with Crippen LogP contribution in [0.25, 0.3) is 86.2 Å². The Morgan fingerprint density at radius 3 is 0.413 bits per heavy atom. The number of fused-ring (bicyclic) bond motifs is 16. The molecule has 4 heteroatoms. The van der Waals surface area contributed by atoms with E-state index in [0.29, 0.717) is 0 Å². The Labute approximate surface area is 277 Å². The lowest BCUT2D eigenvalue weighted by atomic mass is 9.81. The SMILES string of the molecule is C[Si](C)(C)c1cc2c(cc1[Si](C)(C)C)c1cc3c(cc21)c1cc2c4cc5c6cc([Si](C)(C)C)c([Si](C)(C)C)cc6c5cc4c2cc31. The molecule has 0 N–H and O–H groups in total. The van der Waals surface area contributed by atoms with Crippen LogP contribution >= 0.6 is 0 Å². The van der Waals surface area contributed by atoms with Gasteiger partial charge in [-0.2, -0.15) is 0 Å². The molecule has 0 radical (unpaired) electrons. The van der Waals surface area contributed by atoms with Crippen LogP contribution < -0.4 is 20.7 Å². The minimum Gasteiger partial charge on any atom is -0.0656 e. The van der Waals surface area contributed by atoms with Crippen LogP contribution in [0.4, 0.5) is 0 Å². The normalized spacial score (nSPS) is 14.5. The summed E-state index contributed by atoms with van der Waals surface area (Å²) < 4.78 is 0. The number of hydrogen-bond acceptors (Lipinski definition) is 0. The summed E-state index contributed by atoms with van der Waals surface area (Å²) in [6.45, 7) is 30.2. The Kier molecular flexibility index (Phi) is 5.39. The Balaban J connectivity index is 1.24. The highest BCUT2D eigenvalue weighted by Gasteiger charge is 2.31. The van der Waals surface area contributed by atoms with E-state index in [1.807, 2.05) is 0 Å². The van der Waals surface area contributed by atoms with E-state index in [1.165, 1.54) is 86.2 Å². The average molecular weight is 663 g/mol. The number of rotatable bonds is 4. The zero-order valence-corrected chi connectivity index (χ0v) is 33.8. The largest absolute Gasteiger partial charge is 0.0774 e. The van der Waals surface area contributed by atoms with Crippen molar-refractivity contribution in [3.05, 3.63) is 60.7 Å². The van der Waals surface area contributed by atoms with Gasteiger partial charge in [0.15, 0.2) is 0 Å². The van der Waals surface area contributed by atoms with Gasteiger partial charge >= 0.3 is 0 Å². The van der Waals surface area contributed by atoms with Crippen molar-refractivity contribution in [3.8, 4) is 0 Å². The topological polar surface area (TPSA) is 0 Å². The van der Waals surface area contributed by atoms with Gasteiger partial charge in [0.2, 0.25) is 0 Å². The van der Waals surface area contributed by atoms with E-state index < -0.39 is 32.3 Å². The molecule has 230 valence electrons. The van der Waals surface area contributed by atoms with E-state index >= 15 is 0 Å². The lowest BCUT2D eigenvalue weighted by Gasteiger charge is -2.30. The summed E-state index contributed by atoms with van der Waals surface area (Å²) >= 11 is 0. The fourth-order valence-electron chi connectivity index (χ4n) is 8.80. The Morgan fingerprint density at radius 2 is 0.304 bits per heavy atom. The smallest absolute Gasteiger partial charge is 0.0656 e. The Bertz CT molecular complexity index is 2330. The van der Waals surface area contributed by atoms with Crippen LogP contribution in [0.15, 0.2) is 60.7 Å². The first-order chi connectivity index (χ1) is 21.3. The van der Waals surface area contributed by atoms with Gasteiger partial charge in [-0.25, -0.2) is 0 Å². The summed E-state index contributed by atoms with van der Waals surface area (Å²) in [5.74, 6) is 0. The van der Waals surface area contributed by atoms with Gasteiger partial charge in [-0.1, -0.05) is 124 Å². The molecule has 0 spiro atoms. The van der Waals surface area contributed by atoms with E-state index in [2.05, 4.69) is 139 Å². The lowest BCUT2D eigenvalue weighted by Crippen LogP contribution is -2.56. The molecule has 0 heterocycles. The minimum absolute atomic E-state index is 1.45. The van der Waals surface area contributed by atoms with Crippen molar-refractivity contribution >= 4 is 139 Å². The molecule has 0 nitrogen and oxygen atoms in total. The van der Waals surface area contributed by atoms with Crippen LogP contribution in [0, 0.1) is 0 Å².